The molecule has 0 spiro atoms. The third-order valence-corrected chi connectivity index (χ3v) is 4.75. The molecule has 0 saturated carbocycles. The first-order chi connectivity index (χ1) is 9.77. The monoisotopic (exact) mass is 296 g/mol. The fourth-order valence-electron chi connectivity index (χ4n) is 3.31. The van der Waals surface area contributed by atoms with E-state index in [9.17, 15) is 19.5 Å². The van der Waals surface area contributed by atoms with Crippen molar-refractivity contribution in [1.82, 2.24) is 9.80 Å². The van der Waals surface area contributed by atoms with Crippen LogP contribution in [-0.2, 0) is 14.4 Å². The minimum Gasteiger partial charge on any atom is -0.480 e. The van der Waals surface area contributed by atoms with Crippen molar-refractivity contribution in [2.24, 2.45) is 5.92 Å². The Kier molecular flexibility index (Phi) is 4.25. The quantitative estimate of drug-likeness (QED) is 0.846. The van der Waals surface area contributed by atoms with Crippen LogP contribution in [0.3, 0.4) is 0 Å². The number of hydrogen-bond donors (Lipinski definition) is 1. The second kappa shape index (κ2) is 5.66. The highest BCUT2D eigenvalue weighted by atomic mass is 16.4. The Morgan fingerprint density at radius 2 is 2.00 bits per heavy atom. The van der Waals surface area contributed by atoms with Gasteiger partial charge in [0.25, 0.3) is 0 Å². The van der Waals surface area contributed by atoms with E-state index in [0.717, 1.165) is 12.8 Å². The van der Waals surface area contributed by atoms with E-state index >= 15 is 0 Å². The summed E-state index contributed by atoms with van der Waals surface area (Å²) in [5.74, 6) is -1.56. The summed E-state index contributed by atoms with van der Waals surface area (Å²) in [6.45, 7) is 6.33. The predicted molar refractivity (Wildman–Crippen MR) is 76.6 cm³/mol. The summed E-state index contributed by atoms with van der Waals surface area (Å²) in [7, 11) is 0. The number of carboxylic acid groups (broad SMARTS) is 1. The normalized spacial score (nSPS) is 30.1. The van der Waals surface area contributed by atoms with Gasteiger partial charge in [-0.2, -0.15) is 0 Å². The molecule has 2 unspecified atom stereocenters. The largest absolute Gasteiger partial charge is 0.480 e. The van der Waals surface area contributed by atoms with Gasteiger partial charge >= 0.3 is 5.97 Å². The highest BCUT2D eigenvalue weighted by Gasteiger charge is 2.47. The van der Waals surface area contributed by atoms with Gasteiger partial charge in [-0.1, -0.05) is 0 Å². The molecule has 0 aromatic carbocycles. The Bertz CT molecular complexity index is 463. The van der Waals surface area contributed by atoms with Crippen molar-refractivity contribution < 1.29 is 19.5 Å². The lowest BCUT2D eigenvalue weighted by atomic mass is 9.87. The number of nitrogens with zero attached hydrogens (tertiary/aromatic N) is 2. The van der Waals surface area contributed by atoms with Crippen LogP contribution < -0.4 is 0 Å². The van der Waals surface area contributed by atoms with Gasteiger partial charge in [0.15, 0.2) is 0 Å². The van der Waals surface area contributed by atoms with E-state index in [1.54, 1.807) is 11.8 Å². The first-order valence-electron chi connectivity index (χ1n) is 7.61. The van der Waals surface area contributed by atoms with Crippen LogP contribution in [0.15, 0.2) is 0 Å². The Hall–Kier alpha value is -1.59. The summed E-state index contributed by atoms with van der Waals surface area (Å²) >= 11 is 0. The van der Waals surface area contributed by atoms with Crippen LogP contribution in [0.2, 0.25) is 0 Å². The van der Waals surface area contributed by atoms with Crippen LogP contribution in [0.1, 0.15) is 46.5 Å². The Labute approximate surface area is 125 Å². The molecule has 2 aliphatic rings. The number of carbonyl (C=O) groups is 3. The zero-order valence-corrected chi connectivity index (χ0v) is 13.0. The zero-order chi connectivity index (χ0) is 15.8. The van der Waals surface area contributed by atoms with E-state index in [0.29, 0.717) is 19.5 Å². The van der Waals surface area contributed by atoms with Crippen LogP contribution in [0.5, 0.6) is 0 Å². The number of piperidine rings is 1. The van der Waals surface area contributed by atoms with E-state index in [-0.39, 0.29) is 24.3 Å². The van der Waals surface area contributed by atoms with Crippen molar-refractivity contribution in [3.8, 4) is 0 Å². The summed E-state index contributed by atoms with van der Waals surface area (Å²) in [5, 5.41) is 9.48. The molecular formula is C15H24N2O4. The van der Waals surface area contributed by atoms with Gasteiger partial charge in [0.05, 0.1) is 5.92 Å². The van der Waals surface area contributed by atoms with E-state index in [1.807, 2.05) is 13.8 Å². The van der Waals surface area contributed by atoms with Crippen molar-refractivity contribution in [3.05, 3.63) is 0 Å². The van der Waals surface area contributed by atoms with E-state index < -0.39 is 17.4 Å². The van der Waals surface area contributed by atoms with E-state index in [4.69, 9.17) is 0 Å². The molecule has 118 valence electrons. The van der Waals surface area contributed by atoms with Crippen LogP contribution >= 0.6 is 0 Å². The van der Waals surface area contributed by atoms with Gasteiger partial charge in [-0.3, -0.25) is 9.59 Å². The molecule has 21 heavy (non-hydrogen) atoms. The lowest BCUT2D eigenvalue weighted by molar-refractivity contribution is -0.162. The first-order valence-corrected chi connectivity index (χ1v) is 7.61. The van der Waals surface area contributed by atoms with Crippen molar-refractivity contribution in [2.45, 2.75) is 58.0 Å². The summed E-state index contributed by atoms with van der Waals surface area (Å²) < 4.78 is 0. The SMILES string of the molecule is CC(C)N1CC(C(=O)N2CCCCC2(C)C(=O)O)CC1=O. The molecule has 2 aliphatic heterocycles. The maximum absolute atomic E-state index is 12.7. The number of likely N-dealkylation sites (tertiary alicyclic amines) is 2. The lowest BCUT2D eigenvalue weighted by Gasteiger charge is -2.42. The zero-order valence-electron chi connectivity index (χ0n) is 13.0. The highest BCUT2D eigenvalue weighted by Crippen LogP contribution is 2.32. The molecule has 0 aliphatic carbocycles. The van der Waals surface area contributed by atoms with Gasteiger partial charge < -0.3 is 14.9 Å². The van der Waals surface area contributed by atoms with Crippen LogP contribution in [-0.4, -0.2) is 57.4 Å². The molecule has 6 heteroatoms. The number of aliphatic carboxylic acids is 1. The molecule has 1 N–H and O–H groups in total. The highest BCUT2D eigenvalue weighted by molar-refractivity contribution is 5.92. The topological polar surface area (TPSA) is 77.9 Å². The molecule has 2 heterocycles. The van der Waals surface area contributed by atoms with Gasteiger partial charge in [-0.25, -0.2) is 4.79 Å². The van der Waals surface area contributed by atoms with Crippen molar-refractivity contribution in [3.63, 3.8) is 0 Å². The molecule has 0 bridgehead atoms. The number of carbonyl (C=O) groups excluding carboxylic acids is 2. The van der Waals surface area contributed by atoms with Crippen LogP contribution in [0, 0.1) is 5.92 Å². The average molecular weight is 296 g/mol. The van der Waals surface area contributed by atoms with Crippen molar-refractivity contribution in [2.75, 3.05) is 13.1 Å². The third-order valence-electron chi connectivity index (χ3n) is 4.75. The molecule has 0 aromatic rings. The van der Waals surface area contributed by atoms with E-state index in [1.165, 1.54) is 4.90 Å². The molecule has 6 nitrogen and oxygen atoms in total. The van der Waals surface area contributed by atoms with Crippen molar-refractivity contribution >= 4 is 17.8 Å². The van der Waals surface area contributed by atoms with Gasteiger partial charge in [0, 0.05) is 25.6 Å². The molecule has 0 aromatic heterocycles. The van der Waals surface area contributed by atoms with Gasteiger partial charge in [-0.15, -0.1) is 0 Å². The minimum atomic E-state index is -1.14. The summed E-state index contributed by atoms with van der Waals surface area (Å²) in [6, 6.07) is 0.0718. The molecule has 0 radical (unpaired) electrons. The van der Waals surface area contributed by atoms with Gasteiger partial charge in [-0.05, 0) is 40.0 Å². The molecular weight excluding hydrogens is 272 g/mol. The number of amides is 2. The summed E-state index contributed by atoms with van der Waals surface area (Å²) in [5.41, 5.74) is -1.14. The smallest absolute Gasteiger partial charge is 0.329 e. The van der Waals surface area contributed by atoms with Gasteiger partial charge in [0.2, 0.25) is 11.8 Å². The predicted octanol–water partition coefficient (Wildman–Crippen LogP) is 1.10. The standard InChI is InChI=1S/C15H24N2O4/c1-10(2)16-9-11(8-12(16)18)13(19)17-7-5-4-6-15(17,3)14(20)21/h10-11H,4-9H2,1-3H3,(H,20,21). The molecule has 2 fully saturated rings. The van der Waals surface area contributed by atoms with Crippen molar-refractivity contribution in [1.29, 1.82) is 0 Å². The van der Waals surface area contributed by atoms with Crippen LogP contribution in [0.4, 0.5) is 0 Å². The first kappa shape index (κ1) is 15.8. The molecule has 2 rings (SSSR count). The fourth-order valence-corrected chi connectivity index (χ4v) is 3.31. The Morgan fingerprint density at radius 1 is 1.33 bits per heavy atom. The summed E-state index contributed by atoms with van der Waals surface area (Å²) in [4.78, 5) is 39.4. The molecule has 2 saturated heterocycles. The average Bonchev–Trinajstić information content (AvgIpc) is 2.80. The second-order valence-corrected chi connectivity index (χ2v) is 6.57. The third kappa shape index (κ3) is 2.76. The second-order valence-electron chi connectivity index (χ2n) is 6.57. The van der Waals surface area contributed by atoms with Gasteiger partial charge in [0.1, 0.15) is 5.54 Å². The maximum Gasteiger partial charge on any atom is 0.329 e. The van der Waals surface area contributed by atoms with E-state index in [2.05, 4.69) is 0 Å². The number of hydrogen-bond acceptors (Lipinski definition) is 3. The molecule has 2 atom stereocenters. The fraction of sp³-hybridized carbons (Fsp3) is 0.800. The minimum absolute atomic E-state index is 0.0163. The summed E-state index contributed by atoms with van der Waals surface area (Å²) in [6.07, 6.45) is 2.31. The number of carboxylic acids is 1. The molecule has 2 amide bonds. The lowest BCUT2D eigenvalue weighted by Crippen LogP contribution is -2.59. The Balaban J connectivity index is 2.16. The number of rotatable bonds is 3. The Morgan fingerprint density at radius 3 is 2.52 bits per heavy atom. The van der Waals surface area contributed by atoms with Crippen LogP contribution in [0.25, 0.3) is 0 Å². The maximum atomic E-state index is 12.7.